The summed E-state index contributed by atoms with van der Waals surface area (Å²) in [6.45, 7) is 0.336. The highest BCUT2D eigenvalue weighted by Crippen LogP contribution is 2.31. The number of hydrogen-bond acceptors (Lipinski definition) is 3. The Morgan fingerprint density at radius 1 is 1.00 bits per heavy atom. The van der Waals surface area contributed by atoms with Crippen molar-refractivity contribution >= 4 is 50.7 Å². The normalized spacial score (nSPS) is 15.8. The number of hydrogen-bond donors (Lipinski definition) is 0. The summed E-state index contributed by atoms with van der Waals surface area (Å²) in [5.74, 6) is -1.21. The van der Waals surface area contributed by atoms with Gasteiger partial charge in [0.05, 0.1) is 15.6 Å². The molecule has 0 unspecified atom stereocenters. The van der Waals surface area contributed by atoms with Crippen LogP contribution in [0.5, 0.6) is 0 Å². The Balaban J connectivity index is 1.76. The second-order valence-electron chi connectivity index (χ2n) is 5.87. The van der Waals surface area contributed by atoms with E-state index in [0.717, 1.165) is 6.07 Å². The van der Waals surface area contributed by atoms with Crippen LogP contribution in [0.25, 0.3) is 0 Å². The number of halogens is 4. The predicted molar refractivity (Wildman–Crippen MR) is 103 cm³/mol. The van der Waals surface area contributed by atoms with Gasteiger partial charge in [0.2, 0.25) is 10.0 Å². The van der Waals surface area contributed by atoms with Gasteiger partial charge in [0.15, 0.2) is 0 Å². The fraction of sp³-hybridized carbons (Fsp3) is 0.235. The van der Waals surface area contributed by atoms with E-state index in [-0.39, 0.29) is 51.7 Å². The van der Waals surface area contributed by atoms with Crippen molar-refractivity contribution in [2.45, 2.75) is 4.90 Å². The van der Waals surface area contributed by atoms with Crippen LogP contribution < -0.4 is 0 Å². The lowest BCUT2D eigenvalue weighted by atomic mass is 10.1. The van der Waals surface area contributed by atoms with Crippen LogP contribution in [-0.2, 0) is 10.0 Å². The van der Waals surface area contributed by atoms with E-state index in [9.17, 15) is 17.6 Å². The standard InChI is InChI=1S/C17H14Cl3FN2O3S/c18-11-4-5-14(21)12(10-11)17(24)22-6-8-23(9-7-22)27(25,26)15-3-1-2-13(19)16(15)20/h1-5,10H,6-9H2. The van der Waals surface area contributed by atoms with Crippen molar-refractivity contribution in [1.29, 1.82) is 0 Å². The topological polar surface area (TPSA) is 57.7 Å². The molecule has 0 N–H and O–H groups in total. The van der Waals surface area contributed by atoms with E-state index in [1.807, 2.05) is 0 Å². The first-order valence-electron chi connectivity index (χ1n) is 7.90. The van der Waals surface area contributed by atoms with Gasteiger partial charge in [-0.15, -0.1) is 0 Å². The van der Waals surface area contributed by atoms with Crippen LogP contribution in [0.3, 0.4) is 0 Å². The molecule has 27 heavy (non-hydrogen) atoms. The zero-order chi connectivity index (χ0) is 19.8. The van der Waals surface area contributed by atoms with Crippen LogP contribution in [0.2, 0.25) is 15.1 Å². The van der Waals surface area contributed by atoms with Crippen LogP contribution in [0.15, 0.2) is 41.3 Å². The summed E-state index contributed by atoms with van der Waals surface area (Å²) < 4.78 is 40.7. The molecular formula is C17H14Cl3FN2O3S. The van der Waals surface area contributed by atoms with Crippen LogP contribution in [0.4, 0.5) is 4.39 Å². The van der Waals surface area contributed by atoms with Crippen molar-refractivity contribution in [2.24, 2.45) is 0 Å². The molecule has 5 nitrogen and oxygen atoms in total. The Morgan fingerprint density at radius 2 is 1.67 bits per heavy atom. The Kier molecular flexibility index (Phi) is 5.98. The average Bonchev–Trinajstić information content (AvgIpc) is 2.65. The molecule has 0 atom stereocenters. The van der Waals surface area contributed by atoms with Gasteiger partial charge in [-0.05, 0) is 30.3 Å². The Morgan fingerprint density at radius 3 is 2.33 bits per heavy atom. The maximum atomic E-state index is 13.9. The lowest BCUT2D eigenvalue weighted by molar-refractivity contribution is 0.0693. The van der Waals surface area contributed by atoms with Crippen molar-refractivity contribution < 1.29 is 17.6 Å². The van der Waals surface area contributed by atoms with Gasteiger partial charge in [0.1, 0.15) is 10.7 Å². The van der Waals surface area contributed by atoms with Gasteiger partial charge in [0.25, 0.3) is 5.91 Å². The zero-order valence-electron chi connectivity index (χ0n) is 13.8. The van der Waals surface area contributed by atoms with E-state index >= 15 is 0 Å². The van der Waals surface area contributed by atoms with Crippen molar-refractivity contribution in [2.75, 3.05) is 26.2 Å². The number of nitrogens with zero attached hydrogens (tertiary/aromatic N) is 2. The molecule has 3 rings (SSSR count). The second kappa shape index (κ2) is 7.93. The van der Waals surface area contributed by atoms with E-state index in [0.29, 0.717) is 0 Å². The lowest BCUT2D eigenvalue weighted by Crippen LogP contribution is -2.50. The van der Waals surface area contributed by atoms with Crippen LogP contribution in [0.1, 0.15) is 10.4 Å². The molecule has 1 aliphatic heterocycles. The van der Waals surface area contributed by atoms with Gasteiger partial charge in [-0.2, -0.15) is 4.31 Å². The molecule has 1 fully saturated rings. The molecule has 10 heteroatoms. The Bertz CT molecular complexity index is 993. The van der Waals surface area contributed by atoms with E-state index in [1.54, 1.807) is 0 Å². The molecule has 0 spiro atoms. The first kappa shape index (κ1) is 20.4. The Hall–Kier alpha value is -1.38. The SMILES string of the molecule is O=C(c1cc(Cl)ccc1F)N1CCN(S(=O)(=O)c2cccc(Cl)c2Cl)CC1. The van der Waals surface area contributed by atoms with Crippen molar-refractivity contribution in [3.05, 3.63) is 62.8 Å². The van der Waals surface area contributed by atoms with Gasteiger partial charge in [-0.3, -0.25) is 4.79 Å². The molecule has 0 aliphatic carbocycles. The number of benzene rings is 2. The van der Waals surface area contributed by atoms with Crippen LogP contribution in [0, 0.1) is 5.82 Å². The van der Waals surface area contributed by atoms with Gasteiger partial charge < -0.3 is 4.90 Å². The zero-order valence-corrected chi connectivity index (χ0v) is 16.9. The molecule has 2 aromatic carbocycles. The third-order valence-electron chi connectivity index (χ3n) is 4.22. The third kappa shape index (κ3) is 4.07. The maximum absolute atomic E-state index is 13.9. The molecule has 2 aromatic rings. The Labute approximate surface area is 171 Å². The van der Waals surface area contributed by atoms with Crippen LogP contribution >= 0.6 is 34.8 Å². The molecule has 1 saturated heterocycles. The van der Waals surface area contributed by atoms with Crippen LogP contribution in [-0.4, -0.2) is 49.7 Å². The molecular weight excluding hydrogens is 438 g/mol. The molecule has 0 radical (unpaired) electrons. The van der Waals surface area contributed by atoms with Crippen molar-refractivity contribution in [3.8, 4) is 0 Å². The van der Waals surface area contributed by atoms with E-state index in [2.05, 4.69) is 0 Å². The first-order valence-corrected chi connectivity index (χ1v) is 10.5. The largest absolute Gasteiger partial charge is 0.336 e. The van der Waals surface area contributed by atoms with Gasteiger partial charge >= 0.3 is 0 Å². The lowest BCUT2D eigenvalue weighted by Gasteiger charge is -2.34. The average molecular weight is 452 g/mol. The first-order chi connectivity index (χ1) is 12.7. The number of sulfonamides is 1. The fourth-order valence-electron chi connectivity index (χ4n) is 2.79. The number of carbonyl (C=O) groups excluding carboxylic acids is 1. The number of carbonyl (C=O) groups is 1. The summed E-state index contributed by atoms with van der Waals surface area (Å²) >= 11 is 17.8. The molecule has 0 bridgehead atoms. The van der Waals surface area contributed by atoms with E-state index in [1.165, 1.54) is 39.5 Å². The summed E-state index contributed by atoms with van der Waals surface area (Å²) in [4.78, 5) is 13.8. The highest BCUT2D eigenvalue weighted by Gasteiger charge is 2.32. The fourth-order valence-corrected chi connectivity index (χ4v) is 5.12. The maximum Gasteiger partial charge on any atom is 0.256 e. The molecule has 0 aromatic heterocycles. The van der Waals surface area contributed by atoms with Gasteiger partial charge in [0, 0.05) is 31.2 Å². The predicted octanol–water partition coefficient (Wildman–Crippen LogP) is 3.93. The van der Waals surface area contributed by atoms with E-state index < -0.39 is 21.7 Å². The molecule has 0 saturated carbocycles. The summed E-state index contributed by atoms with van der Waals surface area (Å²) in [5.41, 5.74) is -0.142. The summed E-state index contributed by atoms with van der Waals surface area (Å²) in [7, 11) is -3.86. The minimum atomic E-state index is -3.86. The smallest absolute Gasteiger partial charge is 0.256 e. The highest BCUT2D eigenvalue weighted by atomic mass is 35.5. The van der Waals surface area contributed by atoms with E-state index in [4.69, 9.17) is 34.8 Å². The minimum absolute atomic E-state index is 0.0429. The quantitative estimate of drug-likeness (QED) is 0.710. The minimum Gasteiger partial charge on any atom is -0.336 e. The third-order valence-corrected chi connectivity index (χ3v) is 7.33. The van der Waals surface area contributed by atoms with Crippen molar-refractivity contribution in [1.82, 2.24) is 9.21 Å². The van der Waals surface area contributed by atoms with Gasteiger partial charge in [-0.1, -0.05) is 40.9 Å². The number of piperazine rings is 1. The summed E-state index contributed by atoms with van der Waals surface area (Å²) in [6.07, 6.45) is 0. The summed E-state index contributed by atoms with van der Waals surface area (Å²) in [5, 5.41) is 0.346. The monoisotopic (exact) mass is 450 g/mol. The highest BCUT2D eigenvalue weighted by molar-refractivity contribution is 7.89. The second-order valence-corrected chi connectivity index (χ2v) is 9.00. The molecule has 1 amide bonds. The molecule has 144 valence electrons. The molecule has 1 heterocycles. The molecule has 1 aliphatic rings. The number of amides is 1. The summed E-state index contributed by atoms with van der Waals surface area (Å²) in [6, 6.07) is 8.11. The van der Waals surface area contributed by atoms with Gasteiger partial charge in [-0.25, -0.2) is 12.8 Å². The number of rotatable bonds is 3. The van der Waals surface area contributed by atoms with Crippen molar-refractivity contribution in [3.63, 3.8) is 0 Å².